The number of aromatic nitrogens is 2. The zero-order valence-electron chi connectivity index (χ0n) is 11.8. The molecule has 3 aromatic rings. The third kappa shape index (κ3) is 3.03. The molecule has 0 aliphatic carbocycles. The summed E-state index contributed by atoms with van der Waals surface area (Å²) in [5.41, 5.74) is 9.13. The second-order valence-corrected chi connectivity index (χ2v) is 5.39. The molecule has 112 valence electrons. The standard InChI is InChI=1S/C17H15ClFN3/c18-13-2-1-3-16(10-13)22-17(11-15(21-22)8-9-20)12-4-6-14(19)7-5-12/h1-7,10-11H,8-9,20H2. The Hall–Kier alpha value is -2.17. The fourth-order valence-corrected chi connectivity index (χ4v) is 2.52. The van der Waals surface area contributed by atoms with Crippen LogP contribution in [0.25, 0.3) is 16.9 Å². The van der Waals surface area contributed by atoms with Crippen molar-refractivity contribution in [2.24, 2.45) is 5.73 Å². The van der Waals surface area contributed by atoms with Crippen LogP contribution in [0, 0.1) is 5.82 Å². The van der Waals surface area contributed by atoms with Gasteiger partial charge in [-0.2, -0.15) is 5.10 Å². The molecule has 0 saturated heterocycles. The van der Waals surface area contributed by atoms with Gasteiger partial charge in [0.05, 0.1) is 17.1 Å². The van der Waals surface area contributed by atoms with Crippen molar-refractivity contribution in [3.05, 3.63) is 71.1 Å². The van der Waals surface area contributed by atoms with Gasteiger partial charge in [-0.05, 0) is 55.1 Å². The van der Waals surface area contributed by atoms with E-state index >= 15 is 0 Å². The Morgan fingerprint density at radius 1 is 1.09 bits per heavy atom. The second kappa shape index (κ2) is 6.30. The molecule has 0 saturated carbocycles. The van der Waals surface area contributed by atoms with Gasteiger partial charge >= 0.3 is 0 Å². The first-order valence-corrected chi connectivity index (χ1v) is 7.36. The van der Waals surface area contributed by atoms with E-state index in [1.165, 1.54) is 12.1 Å². The fraction of sp³-hybridized carbons (Fsp3) is 0.118. The van der Waals surface area contributed by atoms with E-state index in [1.54, 1.807) is 12.1 Å². The molecule has 1 aromatic heterocycles. The Kier molecular flexibility index (Phi) is 4.22. The highest BCUT2D eigenvalue weighted by atomic mass is 35.5. The molecule has 0 amide bonds. The van der Waals surface area contributed by atoms with E-state index in [2.05, 4.69) is 5.10 Å². The highest BCUT2D eigenvalue weighted by molar-refractivity contribution is 6.30. The van der Waals surface area contributed by atoms with Gasteiger partial charge in [0.1, 0.15) is 5.82 Å². The Balaban J connectivity index is 2.13. The average Bonchev–Trinajstić information content (AvgIpc) is 2.92. The normalized spacial score (nSPS) is 10.9. The molecular weight excluding hydrogens is 301 g/mol. The molecule has 22 heavy (non-hydrogen) atoms. The molecule has 0 aliphatic heterocycles. The fourth-order valence-electron chi connectivity index (χ4n) is 2.33. The maximum Gasteiger partial charge on any atom is 0.123 e. The van der Waals surface area contributed by atoms with Crippen molar-refractivity contribution in [2.45, 2.75) is 6.42 Å². The summed E-state index contributed by atoms with van der Waals surface area (Å²) in [5, 5.41) is 5.23. The van der Waals surface area contributed by atoms with Gasteiger partial charge in [-0.1, -0.05) is 17.7 Å². The smallest absolute Gasteiger partial charge is 0.123 e. The van der Waals surface area contributed by atoms with Gasteiger partial charge in [-0.3, -0.25) is 0 Å². The summed E-state index contributed by atoms with van der Waals surface area (Å²) < 4.78 is 15.0. The number of hydrogen-bond donors (Lipinski definition) is 1. The SMILES string of the molecule is NCCc1cc(-c2ccc(F)cc2)n(-c2cccc(Cl)c2)n1. The van der Waals surface area contributed by atoms with Crippen molar-refractivity contribution in [3.8, 4) is 16.9 Å². The monoisotopic (exact) mass is 315 g/mol. The van der Waals surface area contributed by atoms with Crippen LogP contribution in [0.1, 0.15) is 5.69 Å². The van der Waals surface area contributed by atoms with E-state index in [1.807, 2.05) is 35.0 Å². The zero-order valence-corrected chi connectivity index (χ0v) is 12.6. The molecule has 2 aromatic carbocycles. The molecule has 0 fully saturated rings. The molecule has 5 heteroatoms. The van der Waals surface area contributed by atoms with Gasteiger partial charge in [-0.15, -0.1) is 0 Å². The highest BCUT2D eigenvalue weighted by Crippen LogP contribution is 2.25. The van der Waals surface area contributed by atoms with Crippen LogP contribution in [0.4, 0.5) is 4.39 Å². The molecule has 0 bridgehead atoms. The van der Waals surface area contributed by atoms with E-state index in [0.29, 0.717) is 18.0 Å². The number of nitrogens with two attached hydrogens (primary N) is 1. The molecule has 0 unspecified atom stereocenters. The van der Waals surface area contributed by atoms with Gasteiger partial charge in [0.15, 0.2) is 0 Å². The van der Waals surface area contributed by atoms with Gasteiger partial charge < -0.3 is 5.73 Å². The maximum atomic E-state index is 13.1. The largest absolute Gasteiger partial charge is 0.330 e. The third-order valence-corrected chi connectivity index (χ3v) is 3.59. The average molecular weight is 316 g/mol. The molecule has 0 atom stereocenters. The quantitative estimate of drug-likeness (QED) is 0.795. The molecule has 2 N–H and O–H groups in total. The van der Waals surface area contributed by atoms with Crippen molar-refractivity contribution in [1.29, 1.82) is 0 Å². The van der Waals surface area contributed by atoms with E-state index in [4.69, 9.17) is 17.3 Å². The molecular formula is C17H15ClFN3. The van der Waals surface area contributed by atoms with Gasteiger partial charge in [-0.25, -0.2) is 9.07 Å². The molecule has 3 rings (SSSR count). The summed E-state index contributed by atoms with van der Waals surface area (Å²) in [4.78, 5) is 0. The highest BCUT2D eigenvalue weighted by Gasteiger charge is 2.12. The number of halogens is 2. The van der Waals surface area contributed by atoms with Crippen LogP contribution in [0.15, 0.2) is 54.6 Å². The molecule has 3 nitrogen and oxygen atoms in total. The summed E-state index contributed by atoms with van der Waals surface area (Å²) in [7, 11) is 0. The van der Waals surface area contributed by atoms with Crippen LogP contribution >= 0.6 is 11.6 Å². The Labute approximate surface area is 133 Å². The van der Waals surface area contributed by atoms with Crippen LogP contribution in [0.2, 0.25) is 5.02 Å². The summed E-state index contributed by atoms with van der Waals surface area (Å²) in [5.74, 6) is -0.264. The van der Waals surface area contributed by atoms with Crippen molar-refractivity contribution >= 4 is 11.6 Å². The first kappa shape index (κ1) is 14.8. The molecule has 0 spiro atoms. The lowest BCUT2D eigenvalue weighted by atomic mass is 10.1. The van der Waals surface area contributed by atoms with E-state index in [-0.39, 0.29) is 5.82 Å². The predicted octanol–water partition coefficient (Wildman–Crippen LogP) is 3.83. The first-order valence-electron chi connectivity index (χ1n) is 6.98. The number of rotatable bonds is 4. The molecule has 1 heterocycles. The summed E-state index contributed by atoms with van der Waals surface area (Å²) >= 11 is 6.07. The summed E-state index contributed by atoms with van der Waals surface area (Å²) in [6.07, 6.45) is 0.682. The minimum Gasteiger partial charge on any atom is -0.330 e. The first-order chi connectivity index (χ1) is 10.7. The van der Waals surface area contributed by atoms with Crippen molar-refractivity contribution in [3.63, 3.8) is 0 Å². The lowest BCUT2D eigenvalue weighted by Crippen LogP contribution is -2.04. The van der Waals surface area contributed by atoms with Crippen LogP contribution in [0.5, 0.6) is 0 Å². The van der Waals surface area contributed by atoms with Crippen molar-refractivity contribution in [1.82, 2.24) is 9.78 Å². The van der Waals surface area contributed by atoms with E-state index in [0.717, 1.165) is 22.6 Å². The van der Waals surface area contributed by atoms with Crippen LogP contribution < -0.4 is 5.73 Å². The predicted molar refractivity (Wildman–Crippen MR) is 86.7 cm³/mol. The van der Waals surface area contributed by atoms with Crippen molar-refractivity contribution < 1.29 is 4.39 Å². The molecule has 0 aliphatic rings. The lowest BCUT2D eigenvalue weighted by molar-refractivity contribution is 0.628. The van der Waals surface area contributed by atoms with Gasteiger partial charge in [0, 0.05) is 17.0 Å². The Morgan fingerprint density at radius 3 is 2.55 bits per heavy atom. The van der Waals surface area contributed by atoms with Crippen LogP contribution in [0.3, 0.4) is 0 Å². The number of nitrogens with zero attached hydrogens (tertiary/aromatic N) is 2. The van der Waals surface area contributed by atoms with Gasteiger partial charge in [0.2, 0.25) is 0 Å². The minimum absolute atomic E-state index is 0.264. The Morgan fingerprint density at radius 2 is 1.86 bits per heavy atom. The topological polar surface area (TPSA) is 43.8 Å². The van der Waals surface area contributed by atoms with Gasteiger partial charge in [0.25, 0.3) is 0 Å². The molecule has 0 radical (unpaired) electrons. The lowest BCUT2D eigenvalue weighted by Gasteiger charge is -2.08. The zero-order chi connectivity index (χ0) is 15.5. The number of hydrogen-bond acceptors (Lipinski definition) is 2. The summed E-state index contributed by atoms with van der Waals surface area (Å²) in [6.45, 7) is 0.523. The van der Waals surface area contributed by atoms with E-state index in [9.17, 15) is 4.39 Å². The van der Waals surface area contributed by atoms with Crippen LogP contribution in [-0.2, 0) is 6.42 Å². The summed E-state index contributed by atoms with van der Waals surface area (Å²) in [6, 6.07) is 15.8. The van der Waals surface area contributed by atoms with Crippen molar-refractivity contribution in [2.75, 3.05) is 6.54 Å². The van der Waals surface area contributed by atoms with Crippen LogP contribution in [-0.4, -0.2) is 16.3 Å². The number of benzene rings is 2. The third-order valence-electron chi connectivity index (χ3n) is 3.35. The Bertz CT molecular complexity index is 781. The second-order valence-electron chi connectivity index (χ2n) is 4.96. The maximum absolute atomic E-state index is 13.1. The minimum atomic E-state index is -0.264. The van der Waals surface area contributed by atoms with E-state index < -0.39 is 0 Å².